The summed E-state index contributed by atoms with van der Waals surface area (Å²) in [4.78, 5) is 4.19. The van der Waals surface area contributed by atoms with Crippen LogP contribution in [0.4, 0.5) is 15.9 Å². The fraction of sp³-hybridized carbons (Fsp3) is 0.312. The van der Waals surface area contributed by atoms with Gasteiger partial charge in [0.15, 0.2) is 0 Å². The first-order valence-electron chi connectivity index (χ1n) is 6.85. The summed E-state index contributed by atoms with van der Waals surface area (Å²) in [6.07, 6.45) is 1.52. The molecular formula is C16H19BrClFN2O. The van der Waals surface area contributed by atoms with E-state index in [1.165, 1.54) is 19.4 Å². The van der Waals surface area contributed by atoms with Crippen molar-refractivity contribution in [1.82, 2.24) is 4.98 Å². The minimum absolute atomic E-state index is 0.333. The molecule has 1 heterocycles. The van der Waals surface area contributed by atoms with E-state index in [1.54, 1.807) is 13.0 Å². The molecule has 0 aliphatic heterocycles. The zero-order valence-electron chi connectivity index (χ0n) is 13.2. The molecular weight excluding hydrogens is 371 g/mol. The maximum atomic E-state index is 13.9. The molecule has 0 fully saturated rings. The van der Waals surface area contributed by atoms with Crippen LogP contribution in [0.1, 0.15) is 25.0 Å². The number of ether oxygens (including phenoxy) is 1. The smallest absolute Gasteiger partial charge is 0.144 e. The molecule has 0 bridgehead atoms. The molecule has 0 spiro atoms. The lowest BCUT2D eigenvalue weighted by Gasteiger charge is -2.16. The number of aromatic nitrogens is 1. The average molecular weight is 390 g/mol. The molecule has 0 amide bonds. The van der Waals surface area contributed by atoms with Gasteiger partial charge in [-0.1, -0.05) is 25.4 Å². The first-order valence-corrected chi connectivity index (χ1v) is 8.03. The van der Waals surface area contributed by atoms with Crippen molar-refractivity contribution in [1.29, 1.82) is 0 Å². The second-order valence-corrected chi connectivity index (χ2v) is 5.59. The molecule has 0 aliphatic carbocycles. The number of hydrogen-bond acceptors (Lipinski definition) is 3. The summed E-state index contributed by atoms with van der Waals surface area (Å²) in [5.41, 5.74) is 1.96. The Labute approximate surface area is 144 Å². The molecule has 22 heavy (non-hydrogen) atoms. The van der Waals surface area contributed by atoms with Crippen LogP contribution in [0.15, 0.2) is 22.8 Å². The molecule has 0 atom stereocenters. The van der Waals surface area contributed by atoms with Gasteiger partial charge in [-0.3, -0.25) is 0 Å². The maximum absolute atomic E-state index is 13.9. The molecule has 1 N–H and O–H groups in total. The molecule has 0 aliphatic rings. The largest absolute Gasteiger partial charge is 0.496 e. The van der Waals surface area contributed by atoms with Gasteiger partial charge in [0.05, 0.1) is 22.3 Å². The van der Waals surface area contributed by atoms with E-state index in [9.17, 15) is 4.39 Å². The van der Waals surface area contributed by atoms with E-state index in [-0.39, 0.29) is 5.82 Å². The van der Waals surface area contributed by atoms with Crippen LogP contribution >= 0.6 is 27.5 Å². The van der Waals surface area contributed by atoms with E-state index in [1.807, 2.05) is 20.8 Å². The summed E-state index contributed by atoms with van der Waals surface area (Å²) in [6.45, 7) is 7.56. The zero-order chi connectivity index (χ0) is 16.9. The number of anilines is 2. The maximum Gasteiger partial charge on any atom is 0.144 e. The first-order chi connectivity index (χ1) is 10.4. The Morgan fingerprint density at radius 1 is 1.23 bits per heavy atom. The SMILES string of the molecule is CC.COc1cc(F)c(C)c(Nc2ncc(Cl)cc2Br)c1C. The van der Waals surface area contributed by atoms with Crippen LogP contribution in [0.5, 0.6) is 5.75 Å². The summed E-state index contributed by atoms with van der Waals surface area (Å²) in [7, 11) is 1.51. The molecule has 0 saturated heterocycles. The molecule has 0 unspecified atom stereocenters. The van der Waals surface area contributed by atoms with Crippen LogP contribution in [0.3, 0.4) is 0 Å². The second kappa shape index (κ2) is 8.34. The van der Waals surface area contributed by atoms with E-state index >= 15 is 0 Å². The van der Waals surface area contributed by atoms with Crippen molar-refractivity contribution in [2.45, 2.75) is 27.7 Å². The Kier molecular flexibility index (Phi) is 7.10. The molecule has 0 saturated carbocycles. The number of methoxy groups -OCH3 is 1. The Balaban J connectivity index is 0.00000116. The summed E-state index contributed by atoms with van der Waals surface area (Å²) in [6, 6.07) is 3.10. The van der Waals surface area contributed by atoms with Crippen molar-refractivity contribution in [3.05, 3.63) is 44.8 Å². The normalized spacial score (nSPS) is 9.82. The standard InChI is InChI=1S/C14H13BrClFN2O.C2H6/c1-7-11(17)5-12(20-3)8(2)13(7)19-14-10(15)4-9(16)6-18-14;1-2/h4-6H,1-3H3,(H,18,19);1-2H3. The van der Waals surface area contributed by atoms with Gasteiger partial charge in [-0.2, -0.15) is 0 Å². The van der Waals surface area contributed by atoms with Crippen LogP contribution in [0.2, 0.25) is 5.02 Å². The van der Waals surface area contributed by atoms with Gasteiger partial charge in [-0.25, -0.2) is 9.37 Å². The van der Waals surface area contributed by atoms with Crippen molar-refractivity contribution < 1.29 is 9.13 Å². The predicted molar refractivity (Wildman–Crippen MR) is 94.0 cm³/mol. The van der Waals surface area contributed by atoms with Crippen LogP contribution in [-0.2, 0) is 0 Å². The zero-order valence-corrected chi connectivity index (χ0v) is 15.6. The Morgan fingerprint density at radius 2 is 1.86 bits per heavy atom. The third-order valence-corrected chi connectivity index (χ3v) is 3.82. The molecule has 120 valence electrons. The van der Waals surface area contributed by atoms with Gasteiger partial charge in [0.2, 0.25) is 0 Å². The fourth-order valence-electron chi connectivity index (χ4n) is 1.88. The summed E-state index contributed by atoms with van der Waals surface area (Å²) in [5, 5.41) is 3.64. The summed E-state index contributed by atoms with van der Waals surface area (Å²) < 4.78 is 19.8. The van der Waals surface area contributed by atoms with Crippen molar-refractivity contribution in [2.75, 3.05) is 12.4 Å². The Hall–Kier alpha value is -1.33. The van der Waals surface area contributed by atoms with Crippen LogP contribution in [0.25, 0.3) is 0 Å². The van der Waals surface area contributed by atoms with Crippen molar-refractivity contribution in [3.63, 3.8) is 0 Å². The van der Waals surface area contributed by atoms with E-state index in [0.717, 1.165) is 5.56 Å². The molecule has 3 nitrogen and oxygen atoms in total. The Bertz CT molecular complexity index is 665. The minimum atomic E-state index is -0.333. The monoisotopic (exact) mass is 388 g/mol. The van der Waals surface area contributed by atoms with Crippen LogP contribution in [-0.4, -0.2) is 12.1 Å². The lowest BCUT2D eigenvalue weighted by Crippen LogP contribution is -2.03. The highest BCUT2D eigenvalue weighted by atomic mass is 79.9. The van der Waals surface area contributed by atoms with Gasteiger partial charge >= 0.3 is 0 Å². The van der Waals surface area contributed by atoms with Crippen molar-refractivity contribution in [2.24, 2.45) is 0 Å². The van der Waals surface area contributed by atoms with Gasteiger partial charge in [0.25, 0.3) is 0 Å². The fourth-order valence-corrected chi connectivity index (χ4v) is 2.62. The molecule has 1 aromatic carbocycles. The van der Waals surface area contributed by atoms with E-state index in [4.69, 9.17) is 16.3 Å². The number of nitrogens with one attached hydrogen (secondary N) is 1. The van der Waals surface area contributed by atoms with Crippen LogP contribution in [0, 0.1) is 19.7 Å². The molecule has 0 radical (unpaired) electrons. The number of benzene rings is 1. The molecule has 2 aromatic rings. The highest BCUT2D eigenvalue weighted by Crippen LogP contribution is 2.35. The lowest BCUT2D eigenvalue weighted by molar-refractivity contribution is 0.408. The van der Waals surface area contributed by atoms with Gasteiger partial charge in [0, 0.05) is 23.4 Å². The van der Waals surface area contributed by atoms with Gasteiger partial charge in [-0.15, -0.1) is 0 Å². The second-order valence-electron chi connectivity index (χ2n) is 4.29. The minimum Gasteiger partial charge on any atom is -0.496 e. The van der Waals surface area contributed by atoms with E-state index < -0.39 is 0 Å². The topological polar surface area (TPSA) is 34.1 Å². The average Bonchev–Trinajstić information content (AvgIpc) is 2.51. The number of hydrogen-bond donors (Lipinski definition) is 1. The van der Waals surface area contributed by atoms with Gasteiger partial charge < -0.3 is 10.1 Å². The highest BCUT2D eigenvalue weighted by Gasteiger charge is 2.15. The number of pyridine rings is 1. The van der Waals surface area contributed by atoms with Crippen molar-refractivity contribution in [3.8, 4) is 5.75 Å². The van der Waals surface area contributed by atoms with Crippen LogP contribution < -0.4 is 10.1 Å². The van der Waals surface area contributed by atoms with Crippen molar-refractivity contribution >= 4 is 39.0 Å². The molecule has 6 heteroatoms. The predicted octanol–water partition coefficient (Wildman–Crippen LogP) is 6.03. The summed E-state index contributed by atoms with van der Waals surface area (Å²) >= 11 is 9.23. The third-order valence-electron chi connectivity index (χ3n) is 3.01. The summed E-state index contributed by atoms with van der Waals surface area (Å²) in [5.74, 6) is 0.717. The molecule has 1 aromatic heterocycles. The highest BCUT2D eigenvalue weighted by molar-refractivity contribution is 9.10. The van der Waals surface area contributed by atoms with Gasteiger partial charge in [-0.05, 0) is 35.8 Å². The van der Waals surface area contributed by atoms with Gasteiger partial charge in [0.1, 0.15) is 17.4 Å². The first kappa shape index (κ1) is 18.7. The lowest BCUT2D eigenvalue weighted by atomic mass is 10.1. The number of halogens is 3. The molecule has 2 rings (SSSR count). The quantitative estimate of drug-likeness (QED) is 0.695. The Morgan fingerprint density at radius 3 is 2.41 bits per heavy atom. The van der Waals surface area contributed by atoms with E-state index in [0.29, 0.717) is 32.3 Å². The van der Waals surface area contributed by atoms with E-state index in [2.05, 4.69) is 26.2 Å². The number of nitrogens with zero attached hydrogens (tertiary/aromatic N) is 1. The number of rotatable bonds is 3. The third kappa shape index (κ3) is 4.11.